The first-order chi connectivity index (χ1) is 25.9. The molecule has 2 amide bonds. The van der Waals surface area contributed by atoms with Gasteiger partial charge in [0.25, 0.3) is 11.8 Å². The maximum atomic E-state index is 14.7. The molecule has 2 aromatic carbocycles. The summed E-state index contributed by atoms with van der Waals surface area (Å²) in [5.41, 5.74) is 7.58. The molecule has 4 aliphatic rings. The normalized spacial score (nSPS) is 20.9. The molecule has 54 heavy (non-hydrogen) atoms. The van der Waals surface area contributed by atoms with Gasteiger partial charge in [-0.15, -0.1) is 0 Å². The van der Waals surface area contributed by atoms with Crippen LogP contribution < -0.4 is 9.46 Å². The molecule has 2 atom stereocenters. The standard InChI is InChI=1S/C42H51N5O6S/c1-25(2)54(50,51)44-41(48)29-14-16-35-36(20-29)46-23-31(18-30-19-33(52-5)15-17-34(30)39(46)37(35)28-10-7-6-8-11-28)38-40(47(24-43-38)32-12-9-13-32)42(49)45-21-26(3)53-27(4)22-45/h14-20,24-28,32H,6-13,21-23H2,1-5H3,(H,44,48)/t26-,27+. The third kappa shape index (κ3) is 6.55. The lowest BCUT2D eigenvalue weighted by Gasteiger charge is -2.36. The second-order valence-corrected chi connectivity index (χ2v) is 18.2. The molecule has 11 nitrogen and oxygen atoms in total. The van der Waals surface area contributed by atoms with Gasteiger partial charge < -0.3 is 23.5 Å². The zero-order chi connectivity index (χ0) is 37.9. The zero-order valence-corrected chi connectivity index (χ0v) is 32.7. The number of fused-ring (bicyclic) bond motifs is 5. The quantitative estimate of drug-likeness (QED) is 0.197. The van der Waals surface area contributed by atoms with Crippen molar-refractivity contribution in [3.63, 3.8) is 0 Å². The molecule has 0 radical (unpaired) electrons. The highest BCUT2D eigenvalue weighted by Gasteiger charge is 2.36. The minimum absolute atomic E-state index is 0.0433. The Morgan fingerprint density at radius 3 is 2.37 bits per heavy atom. The van der Waals surface area contributed by atoms with Crippen LogP contribution in [0.3, 0.4) is 0 Å². The number of aromatic nitrogens is 3. The van der Waals surface area contributed by atoms with Gasteiger partial charge in [-0.3, -0.25) is 9.59 Å². The fourth-order valence-electron chi connectivity index (χ4n) is 8.88. The summed E-state index contributed by atoms with van der Waals surface area (Å²) in [4.78, 5) is 35.2. The van der Waals surface area contributed by atoms with Crippen molar-refractivity contribution >= 4 is 44.4 Å². The summed E-state index contributed by atoms with van der Waals surface area (Å²) >= 11 is 0. The number of rotatable bonds is 8. The second kappa shape index (κ2) is 14.3. The lowest BCUT2D eigenvalue weighted by molar-refractivity contribution is -0.0589. The Balaban J connectivity index is 1.34. The van der Waals surface area contributed by atoms with Crippen LogP contribution in [0, 0.1) is 0 Å². The van der Waals surface area contributed by atoms with Crippen LogP contribution in [0.5, 0.6) is 5.75 Å². The SMILES string of the molecule is COc1ccc2c(c1)C=C(c1ncn(C3CCC3)c1C(=O)N1C[C@@H](C)O[C@@H](C)C1)Cn1c-2c(C2CCCCC2)c2ccc(C(=O)NS(=O)(=O)C(C)C)cc21. The van der Waals surface area contributed by atoms with Crippen LogP contribution in [0.15, 0.2) is 42.7 Å². The Morgan fingerprint density at radius 2 is 1.70 bits per heavy atom. The monoisotopic (exact) mass is 753 g/mol. The van der Waals surface area contributed by atoms with Crippen molar-refractivity contribution in [2.75, 3.05) is 20.2 Å². The van der Waals surface area contributed by atoms with Crippen molar-refractivity contribution in [2.45, 2.75) is 115 Å². The number of hydrogen-bond donors (Lipinski definition) is 1. The van der Waals surface area contributed by atoms with Gasteiger partial charge in [0.1, 0.15) is 11.4 Å². The molecule has 4 heterocycles. The van der Waals surface area contributed by atoms with E-state index in [4.69, 9.17) is 14.5 Å². The van der Waals surface area contributed by atoms with Crippen molar-refractivity contribution < 1.29 is 27.5 Å². The fourth-order valence-corrected chi connectivity index (χ4v) is 9.49. The van der Waals surface area contributed by atoms with E-state index in [1.165, 1.54) is 12.0 Å². The fraction of sp³-hybridized carbons (Fsp3) is 0.500. The van der Waals surface area contributed by atoms with E-state index < -0.39 is 21.2 Å². The lowest BCUT2D eigenvalue weighted by atomic mass is 9.81. The van der Waals surface area contributed by atoms with E-state index in [2.05, 4.69) is 32.1 Å². The highest BCUT2D eigenvalue weighted by Crippen LogP contribution is 2.48. The Morgan fingerprint density at radius 1 is 0.963 bits per heavy atom. The summed E-state index contributed by atoms with van der Waals surface area (Å²) < 4.78 is 43.9. The topological polar surface area (TPSA) is 125 Å². The molecule has 4 aromatic rings. The van der Waals surface area contributed by atoms with E-state index in [9.17, 15) is 18.0 Å². The minimum atomic E-state index is -3.84. The molecule has 2 aromatic heterocycles. The number of imidazole rings is 1. The van der Waals surface area contributed by atoms with Crippen LogP contribution in [0.2, 0.25) is 0 Å². The van der Waals surface area contributed by atoms with Crippen LogP contribution in [-0.4, -0.2) is 76.9 Å². The highest BCUT2D eigenvalue weighted by atomic mass is 32.2. The molecule has 0 unspecified atom stereocenters. The number of hydrogen-bond acceptors (Lipinski definition) is 7. The molecule has 0 bridgehead atoms. The summed E-state index contributed by atoms with van der Waals surface area (Å²) in [5, 5.41) is 0.296. The molecule has 8 rings (SSSR count). The van der Waals surface area contributed by atoms with Crippen molar-refractivity contribution in [1.82, 2.24) is 23.7 Å². The summed E-state index contributed by atoms with van der Waals surface area (Å²) in [7, 11) is -2.17. The lowest BCUT2D eigenvalue weighted by Crippen LogP contribution is -2.49. The van der Waals surface area contributed by atoms with Gasteiger partial charge in [0.05, 0.1) is 48.8 Å². The van der Waals surface area contributed by atoms with Crippen LogP contribution in [-0.2, 0) is 21.3 Å². The summed E-state index contributed by atoms with van der Waals surface area (Å²) in [5.74, 6) is 0.343. The number of benzene rings is 2. The molecular weight excluding hydrogens is 703 g/mol. The number of carbonyl (C=O) groups is 2. The number of nitrogens with zero attached hydrogens (tertiary/aromatic N) is 4. The first-order valence-corrected chi connectivity index (χ1v) is 21.1. The van der Waals surface area contributed by atoms with E-state index in [0.29, 0.717) is 36.9 Å². The van der Waals surface area contributed by atoms with Crippen molar-refractivity contribution in [3.8, 4) is 17.0 Å². The van der Waals surface area contributed by atoms with E-state index in [-0.39, 0.29) is 29.7 Å². The van der Waals surface area contributed by atoms with Gasteiger partial charge in [-0.05, 0) is 113 Å². The molecule has 2 saturated carbocycles. The average Bonchev–Trinajstić information content (AvgIpc) is 3.63. The molecule has 2 aliphatic heterocycles. The number of nitrogens with one attached hydrogen (secondary N) is 1. The predicted octanol–water partition coefficient (Wildman–Crippen LogP) is 7.56. The number of morpholine rings is 1. The van der Waals surface area contributed by atoms with Gasteiger partial charge in [0.2, 0.25) is 10.0 Å². The van der Waals surface area contributed by atoms with Gasteiger partial charge in [0.15, 0.2) is 0 Å². The second-order valence-electron chi connectivity index (χ2n) is 16.0. The zero-order valence-electron chi connectivity index (χ0n) is 31.9. The van der Waals surface area contributed by atoms with Crippen molar-refractivity contribution in [2.24, 2.45) is 0 Å². The molecule has 0 spiro atoms. The molecule has 1 N–H and O–H groups in total. The van der Waals surface area contributed by atoms with Gasteiger partial charge in [-0.2, -0.15) is 0 Å². The third-order valence-corrected chi connectivity index (χ3v) is 13.6. The summed E-state index contributed by atoms with van der Waals surface area (Å²) in [6.07, 6.45) is 12.6. The first kappa shape index (κ1) is 36.6. The number of amides is 2. The van der Waals surface area contributed by atoms with Gasteiger partial charge >= 0.3 is 0 Å². The molecule has 12 heteroatoms. The molecule has 286 valence electrons. The molecular formula is C42H51N5O6S. The van der Waals surface area contributed by atoms with E-state index >= 15 is 0 Å². The van der Waals surface area contributed by atoms with Gasteiger partial charge in [-0.1, -0.05) is 25.3 Å². The van der Waals surface area contributed by atoms with Gasteiger partial charge in [0, 0.05) is 46.7 Å². The molecule has 1 saturated heterocycles. The van der Waals surface area contributed by atoms with E-state index in [1.807, 2.05) is 43.3 Å². The van der Waals surface area contributed by atoms with Crippen LogP contribution in [0.1, 0.15) is 129 Å². The average molecular weight is 754 g/mol. The number of sulfonamides is 1. The molecule has 2 aliphatic carbocycles. The van der Waals surface area contributed by atoms with Crippen molar-refractivity contribution in [3.05, 3.63) is 70.8 Å². The van der Waals surface area contributed by atoms with Crippen LogP contribution in [0.25, 0.3) is 33.8 Å². The Kier molecular flexibility index (Phi) is 9.71. The van der Waals surface area contributed by atoms with Crippen molar-refractivity contribution in [1.29, 1.82) is 0 Å². The summed E-state index contributed by atoms with van der Waals surface area (Å²) in [6.45, 7) is 8.52. The first-order valence-electron chi connectivity index (χ1n) is 19.6. The minimum Gasteiger partial charge on any atom is -0.497 e. The number of ether oxygens (including phenoxy) is 2. The largest absolute Gasteiger partial charge is 0.497 e. The Hall–Kier alpha value is -4.42. The Bertz CT molecular complexity index is 2250. The number of allylic oxidation sites excluding steroid dienone is 1. The van der Waals surface area contributed by atoms with E-state index in [0.717, 1.165) is 84.0 Å². The highest BCUT2D eigenvalue weighted by molar-refractivity contribution is 7.90. The summed E-state index contributed by atoms with van der Waals surface area (Å²) in [6, 6.07) is 11.9. The third-order valence-electron chi connectivity index (χ3n) is 11.9. The maximum Gasteiger partial charge on any atom is 0.272 e. The van der Waals surface area contributed by atoms with E-state index in [1.54, 1.807) is 27.0 Å². The number of methoxy groups -OCH3 is 1. The Labute approximate surface area is 317 Å². The van der Waals surface area contributed by atoms with Crippen LogP contribution >= 0.6 is 0 Å². The smallest absolute Gasteiger partial charge is 0.272 e. The number of carbonyl (C=O) groups excluding carboxylic acids is 2. The molecule has 3 fully saturated rings. The predicted molar refractivity (Wildman–Crippen MR) is 210 cm³/mol. The van der Waals surface area contributed by atoms with Crippen LogP contribution in [0.4, 0.5) is 0 Å². The van der Waals surface area contributed by atoms with Gasteiger partial charge in [-0.25, -0.2) is 18.1 Å². The maximum absolute atomic E-state index is 14.7.